The van der Waals surface area contributed by atoms with Gasteiger partial charge in [0.15, 0.2) is 0 Å². The maximum Gasteiger partial charge on any atom is 0.147 e. The summed E-state index contributed by atoms with van der Waals surface area (Å²) < 4.78 is 0.268. The molecule has 0 atom stereocenters. The first-order chi connectivity index (χ1) is 8.60. The van der Waals surface area contributed by atoms with Crippen LogP contribution in [0.5, 0.6) is 0 Å². The van der Waals surface area contributed by atoms with Crippen molar-refractivity contribution in [3.05, 3.63) is 17.6 Å². The summed E-state index contributed by atoms with van der Waals surface area (Å²) in [6, 6.07) is 0. The van der Waals surface area contributed by atoms with Crippen LogP contribution in [0, 0.1) is 13.8 Å². The van der Waals surface area contributed by atoms with E-state index in [0.29, 0.717) is 0 Å². The molecule has 5 heteroatoms. The monoisotopic (exact) mass is 266 g/mol. The summed E-state index contributed by atoms with van der Waals surface area (Å²) in [4.78, 5) is 11.3. The van der Waals surface area contributed by atoms with Crippen LogP contribution in [0.25, 0.3) is 0 Å². The molecule has 0 aromatic carbocycles. The van der Waals surface area contributed by atoms with Gasteiger partial charge >= 0.3 is 0 Å². The second-order valence-electron chi connectivity index (χ2n) is 4.98. The lowest BCUT2D eigenvalue weighted by Crippen LogP contribution is -2.46. The van der Waals surface area contributed by atoms with Crippen molar-refractivity contribution in [2.75, 3.05) is 30.8 Å². The fraction of sp³-hybridized carbons (Fsp3) is 0.692. The number of hydrogen-bond acceptors (Lipinski definition) is 5. The molecule has 0 spiro atoms. The second-order valence-corrected chi connectivity index (χ2v) is 6.25. The van der Waals surface area contributed by atoms with Crippen LogP contribution < -0.4 is 10.6 Å². The van der Waals surface area contributed by atoms with Crippen molar-refractivity contribution in [2.45, 2.75) is 31.4 Å². The molecule has 1 aromatic rings. The fourth-order valence-electron chi connectivity index (χ4n) is 2.32. The zero-order valence-electron chi connectivity index (χ0n) is 11.4. The van der Waals surface area contributed by atoms with Crippen LogP contribution >= 0.6 is 11.8 Å². The standard InChI is InChI=1S/C13H22N4S/c1-10-11(2)16-12(8-15-10)17-6-4-13(9-14,18-3)5-7-17/h8H,4-7,9,14H2,1-3H3. The Balaban J connectivity index is 2.07. The predicted octanol–water partition coefficient (Wildman–Crippen LogP) is 1.75. The zero-order valence-corrected chi connectivity index (χ0v) is 12.3. The van der Waals surface area contributed by atoms with Crippen LogP contribution in [0.2, 0.25) is 0 Å². The van der Waals surface area contributed by atoms with Crippen molar-refractivity contribution in [2.24, 2.45) is 5.73 Å². The molecule has 0 radical (unpaired) electrons. The maximum atomic E-state index is 5.91. The molecule has 1 saturated heterocycles. The average Bonchev–Trinajstić information content (AvgIpc) is 2.42. The van der Waals surface area contributed by atoms with Gasteiger partial charge in [-0.2, -0.15) is 11.8 Å². The van der Waals surface area contributed by atoms with Gasteiger partial charge in [0.05, 0.1) is 17.6 Å². The lowest BCUT2D eigenvalue weighted by atomic mass is 9.96. The molecule has 1 aliphatic rings. The van der Waals surface area contributed by atoms with E-state index in [1.807, 2.05) is 31.8 Å². The number of nitrogens with zero attached hydrogens (tertiary/aromatic N) is 3. The number of piperidine rings is 1. The Labute approximate surface area is 113 Å². The van der Waals surface area contributed by atoms with E-state index in [0.717, 1.165) is 49.7 Å². The SMILES string of the molecule is CSC1(CN)CCN(c2cnc(C)c(C)n2)CC1. The number of nitrogens with two attached hydrogens (primary N) is 1. The quantitative estimate of drug-likeness (QED) is 0.903. The lowest BCUT2D eigenvalue weighted by Gasteiger charge is -2.40. The maximum absolute atomic E-state index is 5.91. The molecule has 1 aromatic heterocycles. The van der Waals surface area contributed by atoms with Crippen LogP contribution in [0.1, 0.15) is 24.2 Å². The van der Waals surface area contributed by atoms with E-state index in [1.54, 1.807) is 0 Å². The fourth-order valence-corrected chi connectivity index (χ4v) is 3.07. The van der Waals surface area contributed by atoms with E-state index >= 15 is 0 Å². The molecule has 0 saturated carbocycles. The minimum Gasteiger partial charge on any atom is -0.355 e. The first-order valence-corrected chi connectivity index (χ1v) is 7.63. The van der Waals surface area contributed by atoms with Crippen LogP contribution in [0.15, 0.2) is 6.20 Å². The summed E-state index contributed by atoms with van der Waals surface area (Å²) in [5, 5.41) is 0. The number of anilines is 1. The van der Waals surface area contributed by atoms with Crippen LogP contribution in [-0.2, 0) is 0 Å². The third kappa shape index (κ3) is 2.62. The van der Waals surface area contributed by atoms with Crippen molar-refractivity contribution >= 4 is 17.6 Å². The molecule has 0 aliphatic carbocycles. The van der Waals surface area contributed by atoms with Crippen molar-refractivity contribution in [1.82, 2.24) is 9.97 Å². The topological polar surface area (TPSA) is 55.0 Å². The molecular weight excluding hydrogens is 244 g/mol. The van der Waals surface area contributed by atoms with Gasteiger partial charge in [-0.25, -0.2) is 4.98 Å². The summed E-state index contributed by atoms with van der Waals surface area (Å²) in [6.07, 6.45) is 6.30. The van der Waals surface area contributed by atoms with Crippen molar-refractivity contribution in [3.8, 4) is 0 Å². The summed E-state index contributed by atoms with van der Waals surface area (Å²) >= 11 is 1.91. The molecule has 4 nitrogen and oxygen atoms in total. The molecule has 0 amide bonds. The smallest absolute Gasteiger partial charge is 0.147 e. The summed E-state index contributed by atoms with van der Waals surface area (Å²) in [5.74, 6) is 1.00. The average molecular weight is 266 g/mol. The Morgan fingerprint density at radius 2 is 2.00 bits per heavy atom. The Bertz CT molecular complexity index is 407. The van der Waals surface area contributed by atoms with E-state index < -0.39 is 0 Å². The molecule has 2 rings (SSSR count). The Hall–Kier alpha value is -0.810. The van der Waals surface area contributed by atoms with E-state index in [-0.39, 0.29) is 4.75 Å². The molecule has 0 bridgehead atoms. The van der Waals surface area contributed by atoms with Gasteiger partial charge < -0.3 is 10.6 Å². The number of aromatic nitrogens is 2. The Morgan fingerprint density at radius 3 is 2.50 bits per heavy atom. The number of hydrogen-bond donors (Lipinski definition) is 1. The van der Waals surface area contributed by atoms with Gasteiger partial charge in [0.25, 0.3) is 0 Å². The summed E-state index contributed by atoms with van der Waals surface area (Å²) in [6.45, 7) is 6.82. The number of thioether (sulfide) groups is 1. The highest BCUT2D eigenvalue weighted by molar-refractivity contribution is 8.00. The van der Waals surface area contributed by atoms with Crippen LogP contribution in [-0.4, -0.2) is 40.6 Å². The van der Waals surface area contributed by atoms with Gasteiger partial charge in [0.2, 0.25) is 0 Å². The molecule has 100 valence electrons. The van der Waals surface area contributed by atoms with E-state index in [4.69, 9.17) is 5.73 Å². The third-order valence-electron chi connectivity index (χ3n) is 3.98. The van der Waals surface area contributed by atoms with Crippen molar-refractivity contribution in [3.63, 3.8) is 0 Å². The highest BCUT2D eigenvalue weighted by Gasteiger charge is 2.32. The largest absolute Gasteiger partial charge is 0.355 e. The van der Waals surface area contributed by atoms with Crippen LogP contribution in [0.3, 0.4) is 0 Å². The first kappa shape index (κ1) is 13.6. The first-order valence-electron chi connectivity index (χ1n) is 6.41. The van der Waals surface area contributed by atoms with E-state index in [2.05, 4.69) is 21.1 Å². The van der Waals surface area contributed by atoms with E-state index in [9.17, 15) is 0 Å². The highest BCUT2D eigenvalue weighted by Crippen LogP contribution is 2.34. The van der Waals surface area contributed by atoms with Gasteiger partial charge in [-0.05, 0) is 32.9 Å². The predicted molar refractivity (Wildman–Crippen MR) is 78.3 cm³/mol. The normalized spacial score (nSPS) is 19.0. The molecule has 2 heterocycles. The minimum atomic E-state index is 0.268. The molecular formula is C13H22N4S. The van der Waals surface area contributed by atoms with Crippen LogP contribution in [0.4, 0.5) is 5.82 Å². The third-order valence-corrected chi connectivity index (χ3v) is 5.42. The molecule has 1 aliphatic heterocycles. The lowest BCUT2D eigenvalue weighted by molar-refractivity contribution is 0.454. The van der Waals surface area contributed by atoms with Crippen molar-refractivity contribution in [1.29, 1.82) is 0 Å². The molecule has 2 N–H and O–H groups in total. The minimum absolute atomic E-state index is 0.268. The highest BCUT2D eigenvalue weighted by atomic mass is 32.2. The number of rotatable bonds is 3. The Kier molecular flexibility index (Phi) is 4.12. The summed E-state index contributed by atoms with van der Waals surface area (Å²) in [7, 11) is 0. The molecule has 0 unspecified atom stereocenters. The molecule has 18 heavy (non-hydrogen) atoms. The number of aryl methyl sites for hydroxylation is 2. The molecule has 1 fully saturated rings. The van der Waals surface area contributed by atoms with Gasteiger partial charge in [-0.3, -0.25) is 4.98 Å². The zero-order chi connectivity index (χ0) is 13.2. The van der Waals surface area contributed by atoms with E-state index in [1.165, 1.54) is 0 Å². The van der Waals surface area contributed by atoms with Gasteiger partial charge in [0, 0.05) is 24.4 Å². The van der Waals surface area contributed by atoms with Gasteiger partial charge in [-0.15, -0.1) is 0 Å². The summed E-state index contributed by atoms with van der Waals surface area (Å²) in [5.41, 5.74) is 7.94. The van der Waals surface area contributed by atoms with Gasteiger partial charge in [0.1, 0.15) is 5.82 Å². The Morgan fingerprint density at radius 1 is 1.33 bits per heavy atom. The van der Waals surface area contributed by atoms with Crippen molar-refractivity contribution < 1.29 is 0 Å². The second kappa shape index (κ2) is 5.45. The van der Waals surface area contributed by atoms with Gasteiger partial charge in [-0.1, -0.05) is 0 Å².